The van der Waals surface area contributed by atoms with Gasteiger partial charge in [0.25, 0.3) is 15.9 Å². The van der Waals surface area contributed by atoms with Crippen LogP contribution in [-0.4, -0.2) is 44.3 Å². The van der Waals surface area contributed by atoms with Crippen molar-refractivity contribution >= 4 is 27.5 Å². The molecule has 1 aliphatic carbocycles. The third-order valence-electron chi connectivity index (χ3n) is 6.83. The Hall–Kier alpha value is -2.87. The fourth-order valence-corrected chi connectivity index (χ4v) is 5.80. The van der Waals surface area contributed by atoms with Crippen LogP contribution in [0.1, 0.15) is 60.9 Å². The molecule has 0 atom stereocenters. The second-order valence-corrected chi connectivity index (χ2v) is 11.1. The Bertz CT molecular complexity index is 1100. The van der Waals surface area contributed by atoms with Crippen LogP contribution < -0.4 is 10.0 Å². The van der Waals surface area contributed by atoms with Gasteiger partial charge in [-0.25, -0.2) is 8.42 Å². The number of anilines is 1. The Kier molecular flexibility index (Phi) is 7.56. The number of hydrogen-bond donors (Lipinski definition) is 2. The second-order valence-electron chi connectivity index (χ2n) is 9.40. The summed E-state index contributed by atoms with van der Waals surface area (Å²) < 4.78 is 27.8. The van der Waals surface area contributed by atoms with Crippen molar-refractivity contribution in [1.29, 1.82) is 0 Å². The smallest absolute Gasteiger partial charge is 0.261 e. The first-order valence-electron chi connectivity index (χ1n) is 12.1. The normalized spacial score (nSPS) is 17.9. The molecule has 8 heteroatoms. The zero-order valence-corrected chi connectivity index (χ0v) is 20.4. The Labute approximate surface area is 202 Å². The maximum Gasteiger partial charge on any atom is 0.261 e. The number of likely N-dealkylation sites (tertiary alicyclic amines) is 1. The van der Waals surface area contributed by atoms with Crippen molar-refractivity contribution in [1.82, 2.24) is 10.2 Å². The molecule has 0 unspecified atom stereocenters. The van der Waals surface area contributed by atoms with Crippen molar-refractivity contribution in [3.8, 4) is 0 Å². The molecular formula is C26H33N3O4S. The lowest BCUT2D eigenvalue weighted by Gasteiger charge is -2.35. The highest BCUT2D eigenvalue weighted by Crippen LogP contribution is 2.26. The van der Waals surface area contributed by atoms with Crippen LogP contribution in [0.25, 0.3) is 0 Å². The van der Waals surface area contributed by atoms with Gasteiger partial charge in [0, 0.05) is 36.3 Å². The Morgan fingerprint density at radius 1 is 0.853 bits per heavy atom. The number of aryl methyl sites for hydroxylation is 1. The van der Waals surface area contributed by atoms with E-state index in [9.17, 15) is 18.0 Å². The molecule has 2 fully saturated rings. The fraction of sp³-hybridized carbons (Fsp3) is 0.462. The molecule has 7 nitrogen and oxygen atoms in total. The highest BCUT2D eigenvalue weighted by atomic mass is 32.2. The number of sulfonamides is 1. The number of amides is 2. The van der Waals surface area contributed by atoms with E-state index in [1.807, 2.05) is 24.0 Å². The SMILES string of the molecule is Cc1ccc(NS(=O)(=O)c2ccc(C(=O)NC3CCN(C(=O)C4CCCCC4)CC3)cc2)cc1. The highest BCUT2D eigenvalue weighted by molar-refractivity contribution is 7.92. The monoisotopic (exact) mass is 483 g/mol. The highest BCUT2D eigenvalue weighted by Gasteiger charge is 2.29. The minimum Gasteiger partial charge on any atom is -0.349 e. The standard InChI is InChI=1S/C26H33N3O4S/c1-19-7-11-23(12-8-19)28-34(32,33)24-13-9-20(10-14-24)25(30)27-22-15-17-29(18-16-22)26(31)21-5-3-2-4-6-21/h7-14,21-22,28H,2-6,15-18H2,1H3,(H,27,30). The summed E-state index contributed by atoms with van der Waals surface area (Å²) in [4.78, 5) is 27.5. The van der Waals surface area contributed by atoms with E-state index in [-0.39, 0.29) is 28.7 Å². The number of rotatable bonds is 6. The number of hydrogen-bond acceptors (Lipinski definition) is 4. The predicted molar refractivity (Wildman–Crippen MR) is 132 cm³/mol. The van der Waals surface area contributed by atoms with Crippen LogP contribution >= 0.6 is 0 Å². The van der Waals surface area contributed by atoms with Crippen LogP contribution in [0.3, 0.4) is 0 Å². The van der Waals surface area contributed by atoms with Crippen molar-refractivity contribution in [2.75, 3.05) is 17.8 Å². The van der Waals surface area contributed by atoms with Gasteiger partial charge in [-0.2, -0.15) is 0 Å². The maximum atomic E-state index is 12.7. The zero-order chi connectivity index (χ0) is 24.1. The predicted octanol–water partition coefficient (Wildman–Crippen LogP) is 4.10. The molecule has 0 radical (unpaired) electrons. The van der Waals surface area contributed by atoms with E-state index in [0.29, 0.717) is 24.3 Å². The topological polar surface area (TPSA) is 95.6 Å². The molecule has 0 aromatic heterocycles. The molecule has 1 saturated carbocycles. The van der Waals surface area contributed by atoms with Crippen LogP contribution in [-0.2, 0) is 14.8 Å². The lowest BCUT2D eigenvalue weighted by molar-refractivity contribution is -0.137. The fourth-order valence-electron chi connectivity index (χ4n) is 4.74. The second kappa shape index (κ2) is 10.6. The number of benzene rings is 2. The molecule has 1 saturated heterocycles. The summed E-state index contributed by atoms with van der Waals surface area (Å²) in [6.45, 7) is 3.27. The molecule has 2 amide bonds. The first kappa shape index (κ1) is 24.3. The van der Waals surface area contributed by atoms with Crippen molar-refractivity contribution in [2.45, 2.75) is 62.8 Å². The average molecular weight is 484 g/mol. The van der Waals surface area contributed by atoms with Crippen LogP contribution in [0.4, 0.5) is 5.69 Å². The average Bonchev–Trinajstić information content (AvgIpc) is 2.86. The van der Waals surface area contributed by atoms with E-state index in [0.717, 1.165) is 44.1 Å². The molecule has 2 aromatic carbocycles. The summed E-state index contributed by atoms with van der Waals surface area (Å²) in [6.07, 6.45) is 6.99. The summed E-state index contributed by atoms with van der Waals surface area (Å²) in [5.41, 5.74) is 1.94. The van der Waals surface area contributed by atoms with Crippen LogP contribution in [0, 0.1) is 12.8 Å². The zero-order valence-electron chi connectivity index (χ0n) is 19.6. The van der Waals surface area contributed by atoms with Crippen molar-refractivity contribution < 1.29 is 18.0 Å². The summed E-state index contributed by atoms with van der Waals surface area (Å²) >= 11 is 0. The van der Waals surface area contributed by atoms with Gasteiger partial charge in [-0.3, -0.25) is 14.3 Å². The summed E-state index contributed by atoms with van der Waals surface area (Å²) in [5.74, 6) is 0.225. The van der Waals surface area contributed by atoms with E-state index in [2.05, 4.69) is 10.0 Å². The van der Waals surface area contributed by atoms with Crippen molar-refractivity contribution in [3.05, 3.63) is 59.7 Å². The van der Waals surface area contributed by atoms with E-state index in [1.165, 1.54) is 30.7 Å². The van der Waals surface area contributed by atoms with E-state index in [4.69, 9.17) is 0 Å². The summed E-state index contributed by atoms with van der Waals surface area (Å²) in [5, 5.41) is 3.04. The number of carbonyl (C=O) groups is 2. The van der Waals surface area contributed by atoms with Crippen molar-refractivity contribution in [2.24, 2.45) is 5.92 Å². The van der Waals surface area contributed by atoms with Gasteiger partial charge in [0.05, 0.1) is 4.90 Å². The van der Waals surface area contributed by atoms with Gasteiger partial charge in [-0.1, -0.05) is 37.0 Å². The van der Waals surface area contributed by atoms with E-state index < -0.39 is 10.0 Å². The molecule has 1 heterocycles. The number of carbonyl (C=O) groups excluding carboxylic acids is 2. The summed E-state index contributed by atoms with van der Waals surface area (Å²) in [6, 6.07) is 13.0. The first-order valence-corrected chi connectivity index (χ1v) is 13.6. The van der Waals surface area contributed by atoms with Crippen molar-refractivity contribution in [3.63, 3.8) is 0 Å². The Balaban J connectivity index is 1.29. The number of nitrogens with zero attached hydrogens (tertiary/aromatic N) is 1. The first-order chi connectivity index (χ1) is 16.3. The number of nitrogens with one attached hydrogen (secondary N) is 2. The molecule has 0 bridgehead atoms. The minimum atomic E-state index is -3.74. The van der Waals surface area contributed by atoms with E-state index in [1.54, 1.807) is 12.1 Å². The number of piperidine rings is 1. The Morgan fingerprint density at radius 2 is 1.47 bits per heavy atom. The molecule has 2 N–H and O–H groups in total. The van der Waals surface area contributed by atoms with Gasteiger partial charge >= 0.3 is 0 Å². The quantitative estimate of drug-likeness (QED) is 0.647. The Morgan fingerprint density at radius 3 is 2.09 bits per heavy atom. The lowest BCUT2D eigenvalue weighted by atomic mass is 9.87. The summed E-state index contributed by atoms with van der Waals surface area (Å²) in [7, 11) is -3.74. The molecule has 1 aliphatic heterocycles. The largest absolute Gasteiger partial charge is 0.349 e. The van der Waals surface area contributed by atoms with Crippen LogP contribution in [0.5, 0.6) is 0 Å². The molecule has 2 aliphatic rings. The van der Waals surface area contributed by atoms with Gasteiger partial charge in [-0.15, -0.1) is 0 Å². The molecular weight excluding hydrogens is 450 g/mol. The van der Waals surface area contributed by atoms with Gasteiger partial charge < -0.3 is 10.2 Å². The van der Waals surface area contributed by atoms with Gasteiger partial charge in [0.15, 0.2) is 0 Å². The van der Waals surface area contributed by atoms with Crippen LogP contribution in [0.2, 0.25) is 0 Å². The molecule has 0 spiro atoms. The molecule has 4 rings (SSSR count). The van der Waals surface area contributed by atoms with Gasteiger partial charge in [0.2, 0.25) is 5.91 Å². The lowest BCUT2D eigenvalue weighted by Crippen LogP contribution is -2.48. The van der Waals surface area contributed by atoms with Gasteiger partial charge in [-0.05, 0) is 69.0 Å². The molecule has 34 heavy (non-hydrogen) atoms. The third-order valence-corrected chi connectivity index (χ3v) is 8.22. The van der Waals surface area contributed by atoms with Gasteiger partial charge in [0.1, 0.15) is 0 Å². The minimum absolute atomic E-state index is 0.00881. The molecule has 2 aromatic rings. The maximum absolute atomic E-state index is 12.7. The molecule has 182 valence electrons. The van der Waals surface area contributed by atoms with E-state index >= 15 is 0 Å². The van der Waals surface area contributed by atoms with Crippen LogP contribution in [0.15, 0.2) is 53.4 Å². The third kappa shape index (κ3) is 5.97.